The summed E-state index contributed by atoms with van der Waals surface area (Å²) in [7, 11) is 0. The first-order valence-corrected chi connectivity index (χ1v) is 8.80. The van der Waals surface area contributed by atoms with Gasteiger partial charge >= 0.3 is 12.4 Å². The quantitative estimate of drug-likeness (QED) is 0.726. The summed E-state index contributed by atoms with van der Waals surface area (Å²) in [5.41, 5.74) is -0.897. The number of aromatic amines is 1. The van der Waals surface area contributed by atoms with E-state index in [0.29, 0.717) is 26.1 Å². The predicted molar refractivity (Wildman–Crippen MR) is 83.9 cm³/mol. The molecule has 158 valence electrons. The SMILES string of the molecule is O=C(C[C@@H]1OC[C@H]2CN(Cc3ncc(C(F)(F)F)[nH]3)CC[C@H]21)NCC(F)(F)F. The van der Waals surface area contributed by atoms with Gasteiger partial charge < -0.3 is 15.0 Å². The largest absolute Gasteiger partial charge is 0.432 e. The molecule has 2 N–H and O–H groups in total. The number of alkyl halides is 6. The third kappa shape index (κ3) is 5.37. The maximum atomic E-state index is 12.6. The van der Waals surface area contributed by atoms with Gasteiger partial charge in [-0.1, -0.05) is 0 Å². The van der Waals surface area contributed by atoms with Crippen LogP contribution in [0.5, 0.6) is 0 Å². The number of carbonyl (C=O) groups excluding carboxylic acids is 1. The number of nitrogens with zero attached hydrogens (tertiary/aromatic N) is 2. The second kappa shape index (κ2) is 7.90. The minimum absolute atomic E-state index is 0.0372. The third-order valence-corrected chi connectivity index (χ3v) is 5.06. The summed E-state index contributed by atoms with van der Waals surface area (Å²) >= 11 is 0. The van der Waals surface area contributed by atoms with Crippen LogP contribution in [-0.2, 0) is 22.3 Å². The molecule has 3 atom stereocenters. The zero-order chi connectivity index (χ0) is 20.5. The Bertz CT molecular complexity index is 689. The van der Waals surface area contributed by atoms with Crippen molar-refractivity contribution in [3.8, 4) is 0 Å². The topological polar surface area (TPSA) is 70.2 Å². The average molecular weight is 414 g/mol. The number of halogens is 6. The van der Waals surface area contributed by atoms with E-state index in [2.05, 4.69) is 9.97 Å². The summed E-state index contributed by atoms with van der Waals surface area (Å²) in [6.07, 6.45) is -8.11. The van der Waals surface area contributed by atoms with Gasteiger partial charge in [0.05, 0.1) is 31.9 Å². The van der Waals surface area contributed by atoms with Crippen LogP contribution >= 0.6 is 0 Å². The highest BCUT2D eigenvalue weighted by Gasteiger charge is 2.42. The highest BCUT2D eigenvalue weighted by Crippen LogP contribution is 2.36. The lowest BCUT2D eigenvalue weighted by molar-refractivity contribution is -0.141. The van der Waals surface area contributed by atoms with Crippen molar-refractivity contribution in [3.63, 3.8) is 0 Å². The lowest BCUT2D eigenvalue weighted by Crippen LogP contribution is -2.42. The zero-order valence-electron chi connectivity index (χ0n) is 14.7. The van der Waals surface area contributed by atoms with Gasteiger partial charge in [-0.3, -0.25) is 9.69 Å². The van der Waals surface area contributed by atoms with Crippen LogP contribution in [0.2, 0.25) is 0 Å². The Kier molecular flexibility index (Phi) is 5.89. The van der Waals surface area contributed by atoms with Crippen LogP contribution in [0.3, 0.4) is 0 Å². The van der Waals surface area contributed by atoms with Crippen molar-refractivity contribution in [3.05, 3.63) is 17.7 Å². The van der Waals surface area contributed by atoms with Crippen molar-refractivity contribution in [1.29, 1.82) is 0 Å². The Balaban J connectivity index is 1.48. The van der Waals surface area contributed by atoms with E-state index in [4.69, 9.17) is 4.74 Å². The molecule has 0 aliphatic carbocycles. The van der Waals surface area contributed by atoms with Crippen molar-refractivity contribution in [2.75, 3.05) is 26.2 Å². The van der Waals surface area contributed by atoms with Crippen LogP contribution in [0.1, 0.15) is 24.4 Å². The zero-order valence-corrected chi connectivity index (χ0v) is 14.7. The fraction of sp³-hybridized carbons (Fsp3) is 0.750. The van der Waals surface area contributed by atoms with Crippen LogP contribution < -0.4 is 5.32 Å². The molecule has 6 nitrogen and oxygen atoms in total. The molecule has 2 fully saturated rings. The number of aromatic nitrogens is 2. The molecule has 0 saturated carbocycles. The number of rotatable bonds is 5. The second-order valence-corrected chi connectivity index (χ2v) is 7.16. The monoisotopic (exact) mass is 414 g/mol. The molecule has 3 heterocycles. The number of ether oxygens (including phenoxy) is 1. The molecular weight excluding hydrogens is 394 g/mol. The summed E-state index contributed by atoms with van der Waals surface area (Å²) in [6, 6.07) is 0. The summed E-state index contributed by atoms with van der Waals surface area (Å²) in [6.45, 7) is 0.366. The van der Waals surface area contributed by atoms with Gasteiger partial charge in [0.2, 0.25) is 5.91 Å². The Labute approximate surface area is 156 Å². The second-order valence-electron chi connectivity index (χ2n) is 7.16. The van der Waals surface area contributed by atoms with Crippen LogP contribution in [0.4, 0.5) is 26.3 Å². The summed E-state index contributed by atoms with van der Waals surface area (Å²) < 4.78 is 80.0. The van der Waals surface area contributed by atoms with Gasteiger partial charge in [0.15, 0.2) is 0 Å². The molecule has 12 heteroatoms. The molecule has 2 saturated heterocycles. The van der Waals surface area contributed by atoms with Gasteiger partial charge in [0, 0.05) is 12.5 Å². The lowest BCUT2D eigenvalue weighted by atomic mass is 9.83. The van der Waals surface area contributed by atoms with Gasteiger partial charge in [-0.2, -0.15) is 26.3 Å². The summed E-state index contributed by atoms with van der Waals surface area (Å²) in [5.74, 6) is -0.380. The molecule has 1 aromatic heterocycles. The molecular formula is C16H20F6N4O2. The van der Waals surface area contributed by atoms with Crippen molar-refractivity contribution < 1.29 is 35.9 Å². The molecule has 1 amide bonds. The minimum Gasteiger partial charge on any atom is -0.377 e. The molecule has 28 heavy (non-hydrogen) atoms. The number of nitrogens with one attached hydrogen (secondary N) is 2. The molecule has 0 unspecified atom stereocenters. The third-order valence-electron chi connectivity index (χ3n) is 5.06. The summed E-state index contributed by atoms with van der Waals surface area (Å²) in [5, 5.41) is 1.84. The van der Waals surface area contributed by atoms with E-state index in [0.717, 1.165) is 6.20 Å². The number of likely N-dealkylation sites (tertiary alicyclic amines) is 1. The minimum atomic E-state index is -4.47. The number of fused-ring (bicyclic) bond motifs is 1. The highest BCUT2D eigenvalue weighted by atomic mass is 19.4. The van der Waals surface area contributed by atoms with Crippen LogP contribution in [0, 0.1) is 11.8 Å². The van der Waals surface area contributed by atoms with E-state index < -0.39 is 36.6 Å². The van der Waals surface area contributed by atoms with Gasteiger partial charge in [-0.15, -0.1) is 0 Å². The van der Waals surface area contributed by atoms with E-state index in [-0.39, 0.29) is 30.6 Å². The number of hydrogen-bond acceptors (Lipinski definition) is 4. The lowest BCUT2D eigenvalue weighted by Gasteiger charge is -2.35. The number of hydrogen-bond donors (Lipinski definition) is 2. The molecule has 3 rings (SSSR count). The van der Waals surface area contributed by atoms with Crippen molar-refractivity contribution >= 4 is 5.91 Å². The number of H-pyrrole nitrogens is 1. The fourth-order valence-electron chi connectivity index (χ4n) is 3.77. The van der Waals surface area contributed by atoms with E-state index >= 15 is 0 Å². The molecule has 2 aliphatic rings. The van der Waals surface area contributed by atoms with Crippen molar-refractivity contribution in [2.24, 2.45) is 11.8 Å². The van der Waals surface area contributed by atoms with E-state index in [9.17, 15) is 31.1 Å². The molecule has 0 spiro atoms. The maximum absolute atomic E-state index is 12.6. The van der Waals surface area contributed by atoms with Crippen LogP contribution in [0.15, 0.2) is 6.20 Å². The van der Waals surface area contributed by atoms with Gasteiger partial charge in [-0.25, -0.2) is 4.98 Å². The molecule has 1 aromatic rings. The summed E-state index contributed by atoms with van der Waals surface area (Å²) in [4.78, 5) is 19.7. The normalized spacial score (nSPS) is 26.3. The Morgan fingerprint density at radius 1 is 1.32 bits per heavy atom. The Morgan fingerprint density at radius 3 is 2.71 bits per heavy atom. The van der Waals surface area contributed by atoms with Crippen molar-refractivity contribution in [1.82, 2.24) is 20.2 Å². The van der Waals surface area contributed by atoms with E-state index in [1.165, 1.54) is 0 Å². The van der Waals surface area contributed by atoms with E-state index in [1.807, 2.05) is 10.2 Å². The molecule has 0 radical (unpaired) electrons. The smallest absolute Gasteiger partial charge is 0.377 e. The fourth-order valence-corrected chi connectivity index (χ4v) is 3.77. The number of imidazole rings is 1. The van der Waals surface area contributed by atoms with Crippen LogP contribution in [0.25, 0.3) is 0 Å². The Hall–Kier alpha value is -1.82. The number of carbonyl (C=O) groups is 1. The average Bonchev–Trinajstić information content (AvgIpc) is 3.19. The Morgan fingerprint density at radius 2 is 2.07 bits per heavy atom. The predicted octanol–water partition coefficient (Wildman–Crippen LogP) is 2.33. The maximum Gasteiger partial charge on any atom is 0.432 e. The van der Waals surface area contributed by atoms with Gasteiger partial charge in [0.25, 0.3) is 0 Å². The van der Waals surface area contributed by atoms with Gasteiger partial charge in [-0.05, 0) is 18.9 Å². The molecule has 2 aliphatic heterocycles. The first kappa shape index (κ1) is 20.9. The number of piperidine rings is 1. The van der Waals surface area contributed by atoms with E-state index in [1.54, 1.807) is 0 Å². The molecule has 0 aromatic carbocycles. The first-order chi connectivity index (χ1) is 13.0. The van der Waals surface area contributed by atoms with Crippen molar-refractivity contribution in [2.45, 2.75) is 37.8 Å². The number of amides is 1. The van der Waals surface area contributed by atoms with Gasteiger partial charge in [0.1, 0.15) is 18.1 Å². The highest BCUT2D eigenvalue weighted by molar-refractivity contribution is 5.76. The first-order valence-electron chi connectivity index (χ1n) is 8.80. The molecule has 0 bridgehead atoms. The standard InChI is InChI=1S/C16H20F6N4O2/c17-15(18,19)8-24-14(27)3-11-10-1-2-26(5-9(10)7-28-11)6-13-23-4-12(25-13)16(20,21)22/h4,9-11H,1-3,5-8H2,(H,23,25)(H,24,27)/t9-,10-,11+/m1/s1. The van der Waals surface area contributed by atoms with Crippen LogP contribution in [-0.4, -0.2) is 59.3 Å².